The van der Waals surface area contributed by atoms with E-state index >= 15 is 0 Å². The van der Waals surface area contributed by atoms with Gasteiger partial charge in [-0.3, -0.25) is 0 Å². The van der Waals surface area contributed by atoms with Crippen molar-refractivity contribution in [2.45, 2.75) is 19.3 Å². The molecule has 0 heterocycles. The molecule has 0 unspecified atom stereocenters. The highest BCUT2D eigenvalue weighted by atomic mass is 14.5. The number of aryl methyl sites for hydroxylation is 1. The van der Waals surface area contributed by atoms with Gasteiger partial charge in [-0.15, -0.1) is 12.3 Å². The molecule has 0 saturated carbocycles. The van der Waals surface area contributed by atoms with Crippen molar-refractivity contribution in [2.24, 2.45) is 0 Å². The standard InChI is InChI=1S/C13H13N/c1-2-3-4-10-5-6-11-9-12(14)7-8-13(10)11/h1,4,7-9H,3,5-6,14H2. The van der Waals surface area contributed by atoms with Crippen molar-refractivity contribution < 1.29 is 0 Å². The van der Waals surface area contributed by atoms with E-state index in [1.165, 1.54) is 16.7 Å². The van der Waals surface area contributed by atoms with E-state index in [2.05, 4.69) is 24.1 Å². The summed E-state index contributed by atoms with van der Waals surface area (Å²) in [5.74, 6) is 2.64. The molecule has 0 fully saturated rings. The van der Waals surface area contributed by atoms with Gasteiger partial charge in [-0.1, -0.05) is 12.1 Å². The predicted octanol–water partition coefficient (Wildman–Crippen LogP) is 2.62. The first kappa shape index (κ1) is 8.90. The Hall–Kier alpha value is -1.68. The first-order chi connectivity index (χ1) is 6.81. The van der Waals surface area contributed by atoms with Crippen molar-refractivity contribution in [3.63, 3.8) is 0 Å². The number of nitrogens with two attached hydrogens (primary N) is 1. The fraction of sp³-hybridized carbons (Fsp3) is 0.231. The second-order valence-electron chi connectivity index (χ2n) is 3.55. The predicted molar refractivity (Wildman–Crippen MR) is 60.6 cm³/mol. The van der Waals surface area contributed by atoms with Crippen LogP contribution in [0.5, 0.6) is 0 Å². The maximum absolute atomic E-state index is 5.72. The molecule has 0 aromatic heterocycles. The van der Waals surface area contributed by atoms with Gasteiger partial charge >= 0.3 is 0 Å². The summed E-state index contributed by atoms with van der Waals surface area (Å²) in [5, 5.41) is 0. The molecule has 1 aromatic carbocycles. The lowest BCUT2D eigenvalue weighted by Crippen LogP contribution is -1.87. The summed E-state index contributed by atoms with van der Waals surface area (Å²) in [6.45, 7) is 0. The Morgan fingerprint density at radius 2 is 2.29 bits per heavy atom. The van der Waals surface area contributed by atoms with E-state index in [1.54, 1.807) is 0 Å². The largest absolute Gasteiger partial charge is 0.399 e. The summed E-state index contributed by atoms with van der Waals surface area (Å²) in [6.07, 6.45) is 10.3. The van der Waals surface area contributed by atoms with Gasteiger partial charge < -0.3 is 5.73 Å². The average Bonchev–Trinajstić information content (AvgIpc) is 2.57. The number of allylic oxidation sites excluding steroid dienone is 2. The lowest BCUT2D eigenvalue weighted by atomic mass is 10.1. The first-order valence-corrected chi connectivity index (χ1v) is 4.82. The molecule has 0 radical (unpaired) electrons. The summed E-state index contributed by atoms with van der Waals surface area (Å²) < 4.78 is 0. The van der Waals surface area contributed by atoms with Crippen molar-refractivity contribution in [3.8, 4) is 12.3 Å². The molecule has 2 N–H and O–H groups in total. The third-order valence-corrected chi connectivity index (χ3v) is 2.61. The van der Waals surface area contributed by atoms with Gasteiger partial charge in [0, 0.05) is 12.1 Å². The molecule has 0 atom stereocenters. The molecule has 70 valence electrons. The molecule has 0 saturated heterocycles. The SMILES string of the molecule is C#CCC=C1CCc2cc(N)ccc21. The number of hydrogen-bond acceptors (Lipinski definition) is 1. The molecule has 14 heavy (non-hydrogen) atoms. The molecule has 1 aromatic rings. The van der Waals surface area contributed by atoms with Gasteiger partial charge in [0.2, 0.25) is 0 Å². The number of fused-ring (bicyclic) bond motifs is 1. The molecule has 0 amide bonds. The number of rotatable bonds is 1. The van der Waals surface area contributed by atoms with E-state index < -0.39 is 0 Å². The van der Waals surface area contributed by atoms with Crippen LogP contribution in [0.15, 0.2) is 24.3 Å². The second-order valence-corrected chi connectivity index (χ2v) is 3.55. The molecule has 2 rings (SSSR count). The Labute approximate surface area is 84.6 Å². The van der Waals surface area contributed by atoms with E-state index in [0.29, 0.717) is 0 Å². The van der Waals surface area contributed by atoms with Gasteiger partial charge in [-0.05, 0) is 41.7 Å². The summed E-state index contributed by atoms with van der Waals surface area (Å²) >= 11 is 0. The number of terminal acetylenes is 1. The van der Waals surface area contributed by atoms with E-state index in [9.17, 15) is 0 Å². The van der Waals surface area contributed by atoms with Gasteiger partial charge in [-0.25, -0.2) is 0 Å². The summed E-state index contributed by atoms with van der Waals surface area (Å²) in [6, 6.07) is 6.11. The molecule has 1 nitrogen and oxygen atoms in total. The van der Waals surface area contributed by atoms with Crippen molar-refractivity contribution in [1.29, 1.82) is 0 Å². The van der Waals surface area contributed by atoms with Crippen molar-refractivity contribution >= 4 is 11.3 Å². The van der Waals surface area contributed by atoms with Crippen LogP contribution in [0.4, 0.5) is 5.69 Å². The number of nitrogen functional groups attached to an aromatic ring is 1. The van der Waals surface area contributed by atoms with Crippen LogP contribution in [0.2, 0.25) is 0 Å². The molecular formula is C13H13N. The zero-order chi connectivity index (χ0) is 9.97. The maximum Gasteiger partial charge on any atom is 0.0317 e. The van der Waals surface area contributed by atoms with Crippen LogP contribution in [0.25, 0.3) is 5.57 Å². The van der Waals surface area contributed by atoms with E-state index in [4.69, 9.17) is 12.2 Å². The van der Waals surface area contributed by atoms with Gasteiger partial charge in [0.05, 0.1) is 0 Å². The summed E-state index contributed by atoms with van der Waals surface area (Å²) in [7, 11) is 0. The van der Waals surface area contributed by atoms with Crippen LogP contribution in [-0.2, 0) is 6.42 Å². The molecular weight excluding hydrogens is 170 g/mol. The minimum Gasteiger partial charge on any atom is -0.399 e. The van der Waals surface area contributed by atoms with Crippen LogP contribution in [-0.4, -0.2) is 0 Å². The minimum absolute atomic E-state index is 0.721. The third kappa shape index (κ3) is 1.52. The van der Waals surface area contributed by atoms with Crippen molar-refractivity contribution in [2.75, 3.05) is 5.73 Å². The fourth-order valence-corrected chi connectivity index (χ4v) is 1.93. The highest BCUT2D eigenvalue weighted by Crippen LogP contribution is 2.33. The van der Waals surface area contributed by atoms with E-state index in [0.717, 1.165) is 24.9 Å². The molecule has 1 aliphatic rings. The lowest BCUT2D eigenvalue weighted by molar-refractivity contribution is 1.08. The maximum atomic E-state index is 5.72. The Balaban J connectivity index is 2.36. The highest BCUT2D eigenvalue weighted by molar-refractivity contribution is 5.74. The number of benzene rings is 1. The second kappa shape index (κ2) is 3.59. The third-order valence-electron chi connectivity index (χ3n) is 2.61. The van der Waals surface area contributed by atoms with Gasteiger partial charge in [0.1, 0.15) is 0 Å². The Morgan fingerprint density at radius 1 is 1.43 bits per heavy atom. The molecule has 1 heteroatoms. The zero-order valence-electron chi connectivity index (χ0n) is 8.09. The Bertz CT molecular complexity index is 421. The van der Waals surface area contributed by atoms with Crippen molar-refractivity contribution in [3.05, 3.63) is 35.4 Å². The van der Waals surface area contributed by atoms with Gasteiger partial charge in [0.25, 0.3) is 0 Å². The van der Waals surface area contributed by atoms with Crippen LogP contribution < -0.4 is 5.73 Å². The Kier molecular flexibility index (Phi) is 2.28. The lowest BCUT2D eigenvalue weighted by Gasteiger charge is -2.01. The first-order valence-electron chi connectivity index (χ1n) is 4.82. The summed E-state index contributed by atoms with van der Waals surface area (Å²) in [4.78, 5) is 0. The minimum atomic E-state index is 0.721. The van der Waals surface area contributed by atoms with Crippen LogP contribution >= 0.6 is 0 Å². The van der Waals surface area contributed by atoms with Crippen LogP contribution in [0.3, 0.4) is 0 Å². The van der Waals surface area contributed by atoms with E-state index in [-0.39, 0.29) is 0 Å². The number of anilines is 1. The van der Waals surface area contributed by atoms with Gasteiger partial charge in [0.15, 0.2) is 0 Å². The Morgan fingerprint density at radius 3 is 3.07 bits per heavy atom. The average molecular weight is 183 g/mol. The molecule has 1 aliphatic carbocycles. The molecule has 0 aliphatic heterocycles. The molecule has 0 bridgehead atoms. The van der Waals surface area contributed by atoms with E-state index in [1.807, 2.05) is 6.07 Å². The van der Waals surface area contributed by atoms with Crippen LogP contribution in [0.1, 0.15) is 24.0 Å². The highest BCUT2D eigenvalue weighted by Gasteiger charge is 2.15. The normalized spacial score (nSPS) is 16.6. The monoisotopic (exact) mass is 183 g/mol. The van der Waals surface area contributed by atoms with Crippen LogP contribution in [0, 0.1) is 12.3 Å². The number of hydrogen-bond donors (Lipinski definition) is 1. The fourth-order valence-electron chi connectivity index (χ4n) is 1.93. The quantitative estimate of drug-likeness (QED) is 0.525. The zero-order valence-corrected chi connectivity index (χ0v) is 8.09. The van der Waals surface area contributed by atoms with Crippen molar-refractivity contribution in [1.82, 2.24) is 0 Å². The molecule has 0 spiro atoms. The summed E-state index contributed by atoms with van der Waals surface area (Å²) in [5.41, 5.74) is 10.6. The smallest absolute Gasteiger partial charge is 0.0317 e. The van der Waals surface area contributed by atoms with Gasteiger partial charge in [-0.2, -0.15) is 0 Å². The topological polar surface area (TPSA) is 26.0 Å².